The predicted molar refractivity (Wildman–Crippen MR) is 64.5 cm³/mol. The summed E-state index contributed by atoms with van der Waals surface area (Å²) < 4.78 is 0. The van der Waals surface area contributed by atoms with E-state index in [0.717, 1.165) is 11.4 Å². The van der Waals surface area contributed by atoms with Gasteiger partial charge in [-0.3, -0.25) is 9.78 Å². The molecule has 0 aromatic carbocycles. The molecule has 0 spiro atoms. The van der Waals surface area contributed by atoms with Crippen molar-refractivity contribution in [2.75, 3.05) is 13.6 Å². The van der Waals surface area contributed by atoms with E-state index in [4.69, 9.17) is 0 Å². The van der Waals surface area contributed by atoms with Crippen LogP contribution < -0.4 is 0 Å². The fraction of sp³-hybridized carbons (Fsp3) is 0.600. The van der Waals surface area contributed by atoms with Crippen molar-refractivity contribution in [1.82, 2.24) is 9.88 Å². The molecule has 1 aliphatic rings. The molecule has 82 valence electrons. The molecule has 0 bridgehead atoms. The molecule has 0 saturated heterocycles. The zero-order valence-corrected chi connectivity index (χ0v) is 10.9. The van der Waals surface area contributed by atoms with Crippen molar-refractivity contribution in [3.8, 4) is 0 Å². The average Bonchev–Trinajstić information content (AvgIpc) is 2.66. The monoisotopic (exact) mass is 288 g/mol. The summed E-state index contributed by atoms with van der Waals surface area (Å²) in [5.74, 6) is 0.756. The zero-order chi connectivity index (χ0) is 10.8. The van der Waals surface area contributed by atoms with Gasteiger partial charge in [0.25, 0.3) is 5.91 Å². The van der Waals surface area contributed by atoms with Crippen molar-refractivity contribution >= 4 is 33.2 Å². The molecule has 2 rings (SSSR count). The molecule has 3 nitrogen and oxygen atoms in total. The topological polar surface area (TPSA) is 33.2 Å². The van der Waals surface area contributed by atoms with Crippen molar-refractivity contribution in [3.05, 3.63) is 16.6 Å². The summed E-state index contributed by atoms with van der Waals surface area (Å²) in [5.41, 5.74) is 1.69. The molecular weight excluding hydrogens is 276 g/mol. The van der Waals surface area contributed by atoms with E-state index in [2.05, 4.69) is 20.9 Å². The van der Waals surface area contributed by atoms with Crippen LogP contribution in [0.4, 0.5) is 0 Å². The van der Waals surface area contributed by atoms with E-state index in [1.54, 1.807) is 16.6 Å². The lowest BCUT2D eigenvalue weighted by Gasteiger charge is -2.34. The van der Waals surface area contributed by atoms with E-state index in [1.165, 1.54) is 24.2 Å². The molecule has 0 N–H and O–H groups in total. The largest absolute Gasteiger partial charge is 0.341 e. The molecule has 1 saturated carbocycles. The van der Waals surface area contributed by atoms with Gasteiger partial charge >= 0.3 is 0 Å². The number of hydrogen-bond donors (Lipinski definition) is 0. The molecular formula is C10H13BrN2OS. The summed E-state index contributed by atoms with van der Waals surface area (Å²) in [6.07, 6.45) is 4.00. The van der Waals surface area contributed by atoms with Gasteiger partial charge in [-0.15, -0.1) is 11.3 Å². The Bertz CT molecular complexity index is 335. The van der Waals surface area contributed by atoms with Gasteiger partial charge in [0, 0.05) is 18.4 Å². The molecule has 1 amide bonds. The highest BCUT2D eigenvalue weighted by Crippen LogP contribution is 2.33. The van der Waals surface area contributed by atoms with E-state index < -0.39 is 0 Å². The number of hydrogen-bond acceptors (Lipinski definition) is 3. The van der Waals surface area contributed by atoms with Crippen molar-refractivity contribution < 1.29 is 4.79 Å². The molecule has 0 unspecified atom stereocenters. The lowest BCUT2D eigenvalue weighted by atomic mass is 9.85. The van der Waals surface area contributed by atoms with Gasteiger partial charge in [-0.25, -0.2) is 0 Å². The Balaban J connectivity index is 1.86. The minimum atomic E-state index is 0.0931. The fourth-order valence-corrected chi connectivity index (χ4v) is 3.45. The molecule has 1 aromatic rings. The minimum Gasteiger partial charge on any atom is -0.341 e. The third-order valence-electron chi connectivity index (χ3n) is 2.70. The van der Waals surface area contributed by atoms with Crippen LogP contribution in [0.1, 0.15) is 22.5 Å². The smallest absolute Gasteiger partial charge is 0.265 e. The van der Waals surface area contributed by atoms with Crippen LogP contribution in [-0.4, -0.2) is 34.2 Å². The molecule has 15 heavy (non-hydrogen) atoms. The van der Waals surface area contributed by atoms with E-state index in [9.17, 15) is 4.79 Å². The second-order valence-electron chi connectivity index (χ2n) is 3.99. The van der Waals surface area contributed by atoms with Gasteiger partial charge in [0.05, 0.1) is 11.7 Å². The highest BCUT2D eigenvalue weighted by Gasteiger charge is 2.29. The predicted octanol–water partition coefficient (Wildman–Crippen LogP) is 2.39. The van der Waals surface area contributed by atoms with Gasteiger partial charge in [-0.2, -0.15) is 0 Å². The molecule has 0 radical (unpaired) electrons. The highest BCUT2D eigenvalue weighted by molar-refractivity contribution is 9.09. The quantitative estimate of drug-likeness (QED) is 0.800. The Hall–Kier alpha value is -0.420. The van der Waals surface area contributed by atoms with Gasteiger partial charge in [0.15, 0.2) is 0 Å². The van der Waals surface area contributed by atoms with Crippen molar-refractivity contribution in [2.45, 2.75) is 17.7 Å². The number of rotatable bonds is 3. The molecule has 5 heteroatoms. The van der Waals surface area contributed by atoms with Crippen LogP contribution in [0.3, 0.4) is 0 Å². The minimum absolute atomic E-state index is 0.0931. The third-order valence-corrected chi connectivity index (χ3v) is 4.21. The summed E-state index contributed by atoms with van der Waals surface area (Å²) in [6.45, 7) is 0.860. The van der Waals surface area contributed by atoms with E-state index in [1.807, 2.05) is 7.05 Å². The Kier molecular flexibility index (Phi) is 3.41. The van der Waals surface area contributed by atoms with Gasteiger partial charge < -0.3 is 4.90 Å². The standard InChI is InChI=1S/C10H13BrN2OS/c1-13(5-7-2-8(11)3-7)10(14)9-4-12-6-15-9/h4,6-8H,2-3,5H2,1H3. The van der Waals surface area contributed by atoms with Crippen LogP contribution >= 0.6 is 27.3 Å². The van der Waals surface area contributed by atoms with E-state index >= 15 is 0 Å². The Morgan fingerprint density at radius 2 is 2.47 bits per heavy atom. The first-order chi connectivity index (χ1) is 7.16. The number of thiazole rings is 1. The molecule has 1 aliphatic carbocycles. The first-order valence-electron chi connectivity index (χ1n) is 4.95. The number of alkyl halides is 1. The van der Waals surface area contributed by atoms with Crippen LogP contribution in [0, 0.1) is 5.92 Å². The first-order valence-corrected chi connectivity index (χ1v) is 6.74. The molecule has 0 atom stereocenters. The van der Waals surface area contributed by atoms with Crippen LogP contribution in [0.5, 0.6) is 0 Å². The highest BCUT2D eigenvalue weighted by atomic mass is 79.9. The Labute approximate surface area is 102 Å². The van der Waals surface area contributed by atoms with Crippen LogP contribution in [0.15, 0.2) is 11.7 Å². The summed E-state index contributed by atoms with van der Waals surface area (Å²) in [5, 5.41) is 0. The maximum atomic E-state index is 11.8. The summed E-state index contributed by atoms with van der Waals surface area (Å²) in [7, 11) is 1.86. The van der Waals surface area contributed by atoms with Crippen LogP contribution in [0.25, 0.3) is 0 Å². The first kappa shape index (κ1) is 11.1. The maximum absolute atomic E-state index is 11.8. The van der Waals surface area contributed by atoms with Gasteiger partial charge in [-0.1, -0.05) is 15.9 Å². The van der Waals surface area contributed by atoms with Gasteiger partial charge in [0.1, 0.15) is 4.88 Å². The van der Waals surface area contributed by atoms with E-state index in [0.29, 0.717) is 10.7 Å². The number of carbonyl (C=O) groups excluding carboxylic acids is 1. The molecule has 1 aromatic heterocycles. The van der Waals surface area contributed by atoms with Gasteiger partial charge in [0.2, 0.25) is 0 Å². The zero-order valence-electron chi connectivity index (χ0n) is 8.52. The average molecular weight is 289 g/mol. The number of amides is 1. The fourth-order valence-electron chi connectivity index (χ4n) is 1.78. The van der Waals surface area contributed by atoms with Crippen molar-refractivity contribution in [3.63, 3.8) is 0 Å². The molecule has 0 aliphatic heterocycles. The second kappa shape index (κ2) is 4.61. The summed E-state index contributed by atoms with van der Waals surface area (Å²) in [6, 6.07) is 0. The third kappa shape index (κ3) is 2.58. The van der Waals surface area contributed by atoms with Crippen molar-refractivity contribution in [2.24, 2.45) is 5.92 Å². The normalized spacial score (nSPS) is 24.7. The number of halogens is 1. The van der Waals surface area contributed by atoms with E-state index in [-0.39, 0.29) is 5.91 Å². The van der Waals surface area contributed by atoms with Crippen LogP contribution in [0.2, 0.25) is 0 Å². The number of aromatic nitrogens is 1. The number of nitrogens with zero attached hydrogens (tertiary/aromatic N) is 2. The number of carbonyl (C=O) groups is 1. The van der Waals surface area contributed by atoms with Gasteiger partial charge in [-0.05, 0) is 18.8 Å². The molecule has 1 heterocycles. The molecule has 1 fully saturated rings. The summed E-state index contributed by atoms with van der Waals surface area (Å²) in [4.78, 5) is 19.0. The maximum Gasteiger partial charge on any atom is 0.265 e. The lowest BCUT2D eigenvalue weighted by molar-refractivity contribution is 0.0753. The lowest BCUT2D eigenvalue weighted by Crippen LogP contribution is -2.37. The SMILES string of the molecule is CN(CC1CC(Br)C1)C(=O)c1cncs1. The van der Waals surface area contributed by atoms with Crippen molar-refractivity contribution in [1.29, 1.82) is 0 Å². The summed E-state index contributed by atoms with van der Waals surface area (Å²) >= 11 is 4.96. The van der Waals surface area contributed by atoms with Crippen LogP contribution in [-0.2, 0) is 0 Å². The Morgan fingerprint density at radius 1 is 1.73 bits per heavy atom. The second-order valence-corrected chi connectivity index (χ2v) is 6.17. The Morgan fingerprint density at radius 3 is 3.00 bits per heavy atom.